The van der Waals surface area contributed by atoms with Crippen LogP contribution in [0.25, 0.3) is 0 Å². The van der Waals surface area contributed by atoms with Crippen molar-refractivity contribution in [2.24, 2.45) is 11.7 Å². The van der Waals surface area contributed by atoms with Crippen molar-refractivity contribution in [2.45, 2.75) is 45.7 Å². The normalized spacial score (nSPS) is 16.5. The largest absolute Gasteiger partial charge is 0.351 e. The second-order valence-corrected chi connectivity index (χ2v) is 3.73. The van der Waals surface area contributed by atoms with Crippen LogP contribution in [0.15, 0.2) is 0 Å². The zero-order valence-electron chi connectivity index (χ0n) is 9.21. The Hall–Kier alpha value is -1.01. The predicted octanol–water partition coefficient (Wildman–Crippen LogP) is 0.888. The summed E-state index contributed by atoms with van der Waals surface area (Å²) in [5.74, 6) is 2.59. The van der Waals surface area contributed by atoms with Crippen molar-refractivity contribution in [1.82, 2.24) is 5.32 Å². The van der Waals surface area contributed by atoms with E-state index in [0.717, 1.165) is 6.42 Å². The summed E-state index contributed by atoms with van der Waals surface area (Å²) >= 11 is 0. The maximum atomic E-state index is 11.5. The molecule has 0 aliphatic heterocycles. The lowest BCUT2D eigenvalue weighted by Gasteiger charge is -2.20. The summed E-state index contributed by atoms with van der Waals surface area (Å²) in [6, 6.07) is -0.428. The van der Waals surface area contributed by atoms with Crippen molar-refractivity contribution in [3.63, 3.8) is 0 Å². The first-order valence-corrected chi connectivity index (χ1v) is 5.02. The van der Waals surface area contributed by atoms with Gasteiger partial charge in [0, 0.05) is 12.5 Å². The summed E-state index contributed by atoms with van der Waals surface area (Å²) in [5.41, 5.74) is 5.75. The molecular formula is C11H20N2O. The standard InChI is InChI=1S/C11H20N2O/c1-5-7-9(4)13-11(14)10(12)8(3)6-2/h1,8-10H,6-7,12H2,2-4H3,(H,13,14). The Morgan fingerprint density at radius 3 is 2.57 bits per heavy atom. The minimum atomic E-state index is -0.430. The molecule has 3 heteroatoms. The van der Waals surface area contributed by atoms with Gasteiger partial charge in [0.15, 0.2) is 0 Å². The van der Waals surface area contributed by atoms with Gasteiger partial charge in [-0.3, -0.25) is 4.79 Å². The van der Waals surface area contributed by atoms with Gasteiger partial charge >= 0.3 is 0 Å². The predicted molar refractivity (Wildman–Crippen MR) is 58.5 cm³/mol. The van der Waals surface area contributed by atoms with Crippen molar-refractivity contribution >= 4 is 5.91 Å². The molecule has 0 fully saturated rings. The lowest BCUT2D eigenvalue weighted by atomic mass is 9.99. The van der Waals surface area contributed by atoms with Crippen LogP contribution in [0.4, 0.5) is 0 Å². The van der Waals surface area contributed by atoms with Gasteiger partial charge in [-0.05, 0) is 12.8 Å². The second-order valence-electron chi connectivity index (χ2n) is 3.73. The van der Waals surface area contributed by atoms with Gasteiger partial charge < -0.3 is 11.1 Å². The molecule has 1 amide bonds. The number of nitrogens with one attached hydrogen (secondary N) is 1. The van der Waals surface area contributed by atoms with E-state index in [1.165, 1.54) is 0 Å². The minimum absolute atomic E-state index is 0.00241. The highest BCUT2D eigenvalue weighted by Gasteiger charge is 2.20. The summed E-state index contributed by atoms with van der Waals surface area (Å²) in [6.07, 6.45) is 6.58. The number of amides is 1. The van der Waals surface area contributed by atoms with Crippen LogP contribution in [0.1, 0.15) is 33.6 Å². The van der Waals surface area contributed by atoms with Crippen molar-refractivity contribution in [3.8, 4) is 12.3 Å². The van der Waals surface area contributed by atoms with Crippen LogP contribution in [-0.4, -0.2) is 18.0 Å². The quantitative estimate of drug-likeness (QED) is 0.642. The Labute approximate surface area is 86.4 Å². The first-order valence-electron chi connectivity index (χ1n) is 5.02. The number of carbonyl (C=O) groups is 1. The molecule has 0 aromatic carbocycles. The molecule has 0 bridgehead atoms. The van der Waals surface area contributed by atoms with Gasteiger partial charge in [-0.2, -0.15) is 0 Å². The topological polar surface area (TPSA) is 55.1 Å². The SMILES string of the molecule is C#CCC(C)NC(=O)C(N)C(C)CC. The van der Waals surface area contributed by atoms with Gasteiger partial charge in [-0.1, -0.05) is 20.3 Å². The summed E-state index contributed by atoms with van der Waals surface area (Å²) < 4.78 is 0. The molecule has 0 aliphatic carbocycles. The molecular weight excluding hydrogens is 176 g/mol. The van der Waals surface area contributed by atoms with E-state index in [-0.39, 0.29) is 17.9 Å². The summed E-state index contributed by atoms with van der Waals surface area (Å²) in [6.45, 7) is 5.86. The molecule has 3 atom stereocenters. The number of hydrogen-bond acceptors (Lipinski definition) is 2. The van der Waals surface area contributed by atoms with Crippen molar-refractivity contribution in [3.05, 3.63) is 0 Å². The van der Waals surface area contributed by atoms with Crippen molar-refractivity contribution < 1.29 is 4.79 Å². The van der Waals surface area contributed by atoms with E-state index in [1.54, 1.807) is 0 Å². The molecule has 3 N–H and O–H groups in total. The van der Waals surface area contributed by atoms with Gasteiger partial charge in [-0.25, -0.2) is 0 Å². The smallest absolute Gasteiger partial charge is 0.237 e. The number of carbonyl (C=O) groups excluding carboxylic acids is 1. The first kappa shape index (κ1) is 13.0. The maximum absolute atomic E-state index is 11.5. The molecule has 0 aliphatic rings. The molecule has 3 unspecified atom stereocenters. The number of terminal acetylenes is 1. The minimum Gasteiger partial charge on any atom is -0.351 e. The molecule has 0 saturated carbocycles. The monoisotopic (exact) mass is 196 g/mol. The highest BCUT2D eigenvalue weighted by molar-refractivity contribution is 5.82. The van der Waals surface area contributed by atoms with Crippen LogP contribution >= 0.6 is 0 Å². The Bertz CT molecular complexity index is 220. The molecule has 0 rings (SSSR count). The van der Waals surface area contributed by atoms with E-state index < -0.39 is 6.04 Å². The Morgan fingerprint density at radius 1 is 1.57 bits per heavy atom. The molecule has 3 nitrogen and oxygen atoms in total. The van der Waals surface area contributed by atoms with Crippen molar-refractivity contribution in [1.29, 1.82) is 0 Å². The fourth-order valence-electron chi connectivity index (χ4n) is 1.08. The zero-order chi connectivity index (χ0) is 11.1. The van der Waals surface area contributed by atoms with Crippen molar-refractivity contribution in [2.75, 3.05) is 0 Å². The zero-order valence-corrected chi connectivity index (χ0v) is 9.21. The third kappa shape index (κ3) is 4.29. The number of hydrogen-bond donors (Lipinski definition) is 2. The van der Waals surface area contributed by atoms with E-state index in [0.29, 0.717) is 6.42 Å². The lowest BCUT2D eigenvalue weighted by molar-refractivity contribution is -0.123. The van der Waals surface area contributed by atoms with E-state index in [2.05, 4.69) is 11.2 Å². The molecule has 0 aromatic heterocycles. The Balaban J connectivity index is 4.02. The van der Waals surface area contributed by atoms with Crippen LogP contribution in [0, 0.1) is 18.3 Å². The molecule has 80 valence electrons. The Kier molecular flexibility index (Phi) is 5.98. The number of nitrogens with two attached hydrogens (primary N) is 1. The van der Waals surface area contributed by atoms with Gasteiger partial charge in [-0.15, -0.1) is 12.3 Å². The molecule has 0 radical (unpaired) electrons. The molecule has 14 heavy (non-hydrogen) atoms. The highest BCUT2D eigenvalue weighted by Crippen LogP contribution is 2.05. The third-order valence-corrected chi connectivity index (χ3v) is 2.37. The van der Waals surface area contributed by atoms with E-state index >= 15 is 0 Å². The van der Waals surface area contributed by atoms with E-state index in [9.17, 15) is 4.79 Å². The maximum Gasteiger partial charge on any atom is 0.237 e. The van der Waals surface area contributed by atoms with Crippen LogP contribution in [-0.2, 0) is 4.79 Å². The van der Waals surface area contributed by atoms with Crippen LogP contribution in [0.5, 0.6) is 0 Å². The fraction of sp³-hybridized carbons (Fsp3) is 0.727. The first-order chi connectivity index (χ1) is 6.52. The van der Waals surface area contributed by atoms with E-state index in [4.69, 9.17) is 12.2 Å². The highest BCUT2D eigenvalue weighted by atomic mass is 16.2. The average Bonchev–Trinajstić information content (AvgIpc) is 2.15. The molecule has 0 spiro atoms. The molecule has 0 heterocycles. The van der Waals surface area contributed by atoms with Gasteiger partial charge in [0.25, 0.3) is 0 Å². The summed E-state index contributed by atoms with van der Waals surface area (Å²) in [7, 11) is 0. The molecule has 0 aromatic rings. The van der Waals surface area contributed by atoms with Gasteiger partial charge in [0.1, 0.15) is 0 Å². The van der Waals surface area contributed by atoms with Gasteiger partial charge in [0.2, 0.25) is 5.91 Å². The second kappa shape index (κ2) is 6.44. The fourth-order valence-corrected chi connectivity index (χ4v) is 1.08. The number of rotatable bonds is 5. The van der Waals surface area contributed by atoms with Crippen LogP contribution in [0.2, 0.25) is 0 Å². The average molecular weight is 196 g/mol. The van der Waals surface area contributed by atoms with Gasteiger partial charge in [0.05, 0.1) is 6.04 Å². The summed E-state index contributed by atoms with van der Waals surface area (Å²) in [4.78, 5) is 11.5. The Morgan fingerprint density at radius 2 is 2.14 bits per heavy atom. The molecule has 0 saturated heterocycles. The van der Waals surface area contributed by atoms with Crippen LogP contribution < -0.4 is 11.1 Å². The van der Waals surface area contributed by atoms with E-state index in [1.807, 2.05) is 20.8 Å². The lowest BCUT2D eigenvalue weighted by Crippen LogP contribution is -2.47. The van der Waals surface area contributed by atoms with Crippen LogP contribution in [0.3, 0.4) is 0 Å². The third-order valence-electron chi connectivity index (χ3n) is 2.37. The summed E-state index contributed by atoms with van der Waals surface area (Å²) in [5, 5.41) is 2.79.